The summed E-state index contributed by atoms with van der Waals surface area (Å²) in [4.78, 5) is 32.5. The van der Waals surface area contributed by atoms with Gasteiger partial charge in [0.05, 0.1) is 29.2 Å². The molecule has 0 radical (unpaired) electrons. The molecule has 8 heteroatoms. The van der Waals surface area contributed by atoms with Gasteiger partial charge in [-0.15, -0.1) is 0 Å². The summed E-state index contributed by atoms with van der Waals surface area (Å²) in [5, 5.41) is 13.2. The van der Waals surface area contributed by atoms with Gasteiger partial charge < -0.3 is 10.4 Å². The van der Waals surface area contributed by atoms with Crippen molar-refractivity contribution in [2.45, 2.75) is 12.2 Å². The van der Waals surface area contributed by atoms with E-state index in [1.54, 1.807) is 30.3 Å². The van der Waals surface area contributed by atoms with E-state index in [1.165, 1.54) is 0 Å². The molecule has 0 aliphatic heterocycles. The maximum absolute atomic E-state index is 12.1. The van der Waals surface area contributed by atoms with Crippen LogP contribution in [0, 0.1) is 0 Å². The first-order valence-corrected chi connectivity index (χ1v) is 10.8. The number of halogens is 2. The second kappa shape index (κ2) is 9.77. The third kappa shape index (κ3) is 6.60. The molecule has 0 aromatic heterocycles. The molecule has 0 saturated heterocycles. The molecular weight excluding hydrogens is 396 g/mol. The molecule has 26 heavy (non-hydrogen) atoms. The number of nitrogens with one attached hydrogen (secondary N) is 1. The Kier molecular flexibility index (Phi) is 7.99. The number of benzene rings is 2. The molecule has 5 nitrogen and oxygen atoms in total. The zero-order valence-corrected chi connectivity index (χ0v) is 16.4. The van der Waals surface area contributed by atoms with Crippen LogP contribution in [-0.4, -0.2) is 40.0 Å². The molecule has 0 spiro atoms. The van der Waals surface area contributed by atoms with Crippen LogP contribution in [0.2, 0.25) is 10.0 Å². The second-order valence-corrected chi connectivity index (χ2v) is 9.21. The summed E-state index contributed by atoms with van der Waals surface area (Å²) in [5.74, 6) is -0.335. The third-order valence-electron chi connectivity index (χ3n) is 3.78. The van der Waals surface area contributed by atoms with Crippen LogP contribution in [0.1, 0.15) is 17.2 Å². The first kappa shape index (κ1) is 21.3. The van der Waals surface area contributed by atoms with E-state index in [0.29, 0.717) is 15.6 Å². The van der Waals surface area contributed by atoms with Crippen molar-refractivity contribution in [2.24, 2.45) is 0 Å². The van der Waals surface area contributed by atoms with E-state index in [1.807, 2.05) is 18.2 Å². The predicted octanol–water partition coefficient (Wildman–Crippen LogP) is 3.22. The van der Waals surface area contributed by atoms with E-state index in [-0.39, 0.29) is 31.3 Å². The highest BCUT2D eigenvalue weighted by Gasteiger charge is 2.36. The number of hydrogen-bond donors (Lipinski definition) is 4. The van der Waals surface area contributed by atoms with Gasteiger partial charge in [0.1, 0.15) is 6.16 Å². The van der Waals surface area contributed by atoms with Gasteiger partial charge in [0.15, 0.2) is 11.9 Å². The lowest BCUT2D eigenvalue weighted by molar-refractivity contribution is -0.116. The summed E-state index contributed by atoms with van der Waals surface area (Å²) in [6.07, 6.45) is -0.246. The Bertz CT molecular complexity index is 743. The molecule has 140 valence electrons. The predicted molar refractivity (Wildman–Crippen MR) is 106 cm³/mol. The van der Waals surface area contributed by atoms with Gasteiger partial charge >= 0.3 is 0 Å². The minimum atomic E-state index is -3.37. The largest absolute Gasteiger partial charge is 0.394 e. The minimum absolute atomic E-state index is 0.0653. The topological polar surface area (TPSA) is 89.8 Å². The fraction of sp³-hybridized carbons (Fsp3) is 0.278. The molecule has 0 heterocycles. The van der Waals surface area contributed by atoms with Crippen molar-refractivity contribution >= 4 is 36.7 Å². The molecule has 0 aliphatic rings. The van der Waals surface area contributed by atoms with Crippen LogP contribution in [0.15, 0.2) is 48.5 Å². The van der Waals surface area contributed by atoms with Gasteiger partial charge in [0, 0.05) is 0 Å². The zero-order valence-electron chi connectivity index (χ0n) is 14.0. The first-order valence-electron chi connectivity index (χ1n) is 7.98. The molecule has 0 bridgehead atoms. The molecule has 4 N–H and O–H groups in total. The van der Waals surface area contributed by atoms with Crippen LogP contribution in [0.4, 0.5) is 0 Å². The highest BCUT2D eigenvalue weighted by Crippen LogP contribution is 2.52. The molecular formula is C18H21Cl2NO4P+. The number of carbonyl (C=O) groups is 1. The number of rotatable bonds is 9. The van der Waals surface area contributed by atoms with Gasteiger partial charge in [0.2, 0.25) is 0 Å². The van der Waals surface area contributed by atoms with Crippen molar-refractivity contribution in [3.05, 3.63) is 69.7 Å². The van der Waals surface area contributed by atoms with Crippen molar-refractivity contribution < 1.29 is 19.7 Å². The standard InChI is InChI=1S/C18H21Cl2NO4P/c19-16-7-6-14(8-17(16)20)18(10-22)21-9-15(23)12-26(24,25)11-13-4-2-1-3-5-13/h1-8,18,21-22,24-25H,9-12H2/q+1. The van der Waals surface area contributed by atoms with Crippen molar-refractivity contribution in [3.63, 3.8) is 0 Å². The van der Waals surface area contributed by atoms with E-state index in [0.717, 1.165) is 5.56 Å². The van der Waals surface area contributed by atoms with E-state index < -0.39 is 13.8 Å². The van der Waals surface area contributed by atoms with Crippen LogP contribution in [0.5, 0.6) is 0 Å². The third-order valence-corrected chi connectivity index (χ3v) is 6.25. The van der Waals surface area contributed by atoms with Crippen molar-refractivity contribution in [1.82, 2.24) is 5.32 Å². The molecule has 1 unspecified atom stereocenters. The normalized spacial score (nSPS) is 12.8. The van der Waals surface area contributed by atoms with Crippen LogP contribution in [0.3, 0.4) is 0 Å². The molecule has 1 atom stereocenters. The average Bonchev–Trinajstić information content (AvgIpc) is 2.58. The highest BCUT2D eigenvalue weighted by molar-refractivity contribution is 7.64. The summed E-state index contributed by atoms with van der Waals surface area (Å²) in [6.45, 7) is -0.336. The molecule has 0 aliphatic carbocycles. The summed E-state index contributed by atoms with van der Waals surface area (Å²) in [7, 11) is -3.37. The van der Waals surface area contributed by atoms with Gasteiger partial charge in [-0.2, -0.15) is 0 Å². The Hall–Kier alpha value is -1.04. The number of Topliss-reactive ketones (excluding diaryl/α,β-unsaturated/α-hetero) is 1. The smallest absolute Gasteiger partial charge is 0.279 e. The molecule has 0 amide bonds. The maximum atomic E-state index is 12.1. The monoisotopic (exact) mass is 416 g/mol. The molecule has 2 rings (SSSR count). The minimum Gasteiger partial charge on any atom is -0.394 e. The van der Waals surface area contributed by atoms with E-state index in [2.05, 4.69) is 5.32 Å². The lowest BCUT2D eigenvalue weighted by Gasteiger charge is -2.17. The summed E-state index contributed by atoms with van der Waals surface area (Å²) in [6, 6.07) is 13.5. The van der Waals surface area contributed by atoms with Crippen molar-refractivity contribution in [2.75, 3.05) is 19.3 Å². The molecule has 0 saturated carbocycles. The molecule has 2 aromatic carbocycles. The Morgan fingerprint density at radius 3 is 2.38 bits per heavy atom. The summed E-state index contributed by atoms with van der Waals surface area (Å²) < 4.78 is 0. The number of aliphatic hydroxyl groups excluding tert-OH is 1. The zero-order chi connectivity index (χ0) is 19.2. The van der Waals surface area contributed by atoms with E-state index in [9.17, 15) is 19.7 Å². The Morgan fingerprint density at radius 2 is 1.77 bits per heavy atom. The summed E-state index contributed by atoms with van der Waals surface area (Å²) in [5.41, 5.74) is 1.46. The Balaban J connectivity index is 1.90. The van der Waals surface area contributed by atoms with Gasteiger partial charge in [-0.1, -0.05) is 59.6 Å². The van der Waals surface area contributed by atoms with Crippen LogP contribution < -0.4 is 5.32 Å². The van der Waals surface area contributed by atoms with Gasteiger partial charge in [-0.25, -0.2) is 9.79 Å². The number of aliphatic hydroxyl groups is 1. The van der Waals surface area contributed by atoms with Gasteiger partial charge in [0.25, 0.3) is 7.72 Å². The number of carbonyl (C=O) groups excluding carboxylic acids is 1. The molecule has 0 fully saturated rings. The maximum Gasteiger partial charge on any atom is 0.279 e. The second-order valence-electron chi connectivity index (χ2n) is 6.01. The number of hydrogen-bond acceptors (Lipinski definition) is 5. The average molecular weight is 417 g/mol. The fourth-order valence-corrected chi connectivity index (χ4v) is 4.41. The van der Waals surface area contributed by atoms with E-state index >= 15 is 0 Å². The lowest BCUT2D eigenvalue weighted by Crippen LogP contribution is -2.31. The van der Waals surface area contributed by atoms with Crippen LogP contribution in [-0.2, 0) is 11.0 Å². The van der Waals surface area contributed by atoms with Gasteiger partial charge in [-0.3, -0.25) is 4.79 Å². The van der Waals surface area contributed by atoms with Crippen LogP contribution >= 0.6 is 30.9 Å². The molecule has 2 aromatic rings. The SMILES string of the molecule is O=C(CNC(CO)c1ccc(Cl)c(Cl)c1)C[P+](O)(O)Cc1ccccc1. The number of ketones is 1. The quantitative estimate of drug-likeness (QED) is 0.471. The lowest BCUT2D eigenvalue weighted by atomic mass is 10.1. The highest BCUT2D eigenvalue weighted by atomic mass is 35.5. The van der Waals surface area contributed by atoms with Crippen molar-refractivity contribution in [1.29, 1.82) is 0 Å². The fourth-order valence-electron chi connectivity index (χ4n) is 2.52. The van der Waals surface area contributed by atoms with E-state index in [4.69, 9.17) is 23.2 Å². The van der Waals surface area contributed by atoms with Crippen LogP contribution in [0.25, 0.3) is 0 Å². The Morgan fingerprint density at radius 1 is 1.08 bits per heavy atom. The van der Waals surface area contributed by atoms with Crippen molar-refractivity contribution in [3.8, 4) is 0 Å². The van der Waals surface area contributed by atoms with Gasteiger partial charge in [-0.05, 0) is 23.3 Å². The summed E-state index contributed by atoms with van der Waals surface area (Å²) >= 11 is 11.8. The Labute approximate surface area is 163 Å². The first-order chi connectivity index (χ1) is 12.3.